The number of benzene rings is 3. The van der Waals surface area contributed by atoms with Gasteiger partial charge in [-0.05, 0) is 60.0 Å². The number of fused-ring (bicyclic) bond motifs is 1. The van der Waals surface area contributed by atoms with E-state index in [0.717, 1.165) is 48.0 Å². The molecule has 1 unspecified atom stereocenters. The third-order valence-corrected chi connectivity index (χ3v) is 5.74. The van der Waals surface area contributed by atoms with Gasteiger partial charge in [0.05, 0.1) is 5.92 Å². The molecule has 3 aromatic rings. The van der Waals surface area contributed by atoms with Crippen molar-refractivity contribution in [2.45, 2.75) is 19.4 Å². The summed E-state index contributed by atoms with van der Waals surface area (Å²) in [6.07, 6.45) is 2.02. The molecule has 0 saturated carbocycles. The van der Waals surface area contributed by atoms with Crippen LogP contribution in [0.5, 0.6) is 0 Å². The molecule has 1 aliphatic heterocycles. The van der Waals surface area contributed by atoms with E-state index < -0.39 is 0 Å². The van der Waals surface area contributed by atoms with Crippen LogP contribution < -0.4 is 5.32 Å². The Kier molecular flexibility index (Phi) is 5.55. The van der Waals surface area contributed by atoms with E-state index in [9.17, 15) is 4.79 Å². The number of carbonyl (C=O) groups is 1. The molecule has 1 heterocycles. The summed E-state index contributed by atoms with van der Waals surface area (Å²) in [6, 6.07) is 22.7. The average Bonchev–Trinajstić information content (AvgIpc) is 2.70. The van der Waals surface area contributed by atoms with Crippen molar-refractivity contribution in [3.05, 3.63) is 76.8 Å². The van der Waals surface area contributed by atoms with E-state index >= 15 is 0 Å². The lowest BCUT2D eigenvalue weighted by Gasteiger charge is -2.32. The number of hydrogen-bond donors (Lipinski definition) is 1. The van der Waals surface area contributed by atoms with Crippen molar-refractivity contribution in [2.75, 3.05) is 18.4 Å². The van der Waals surface area contributed by atoms with Crippen molar-refractivity contribution in [1.29, 1.82) is 0 Å². The Hall–Kier alpha value is -2.17. The maximum Gasteiger partial charge on any atom is 0.228 e. The second kappa shape index (κ2) is 8.24. The van der Waals surface area contributed by atoms with Crippen LogP contribution in [0.3, 0.4) is 0 Å². The standard InChI is InChI=1S/C23H23BrN2O/c24-21-10-7-17(8-11-21)15-26-13-3-6-20(16-26)23(27)25-22-12-9-18-4-1-2-5-19(18)14-22/h1-2,4-5,7-12,14,20H,3,6,13,15-16H2,(H,25,27). The van der Waals surface area contributed by atoms with Crippen molar-refractivity contribution in [3.8, 4) is 0 Å². The highest BCUT2D eigenvalue weighted by atomic mass is 79.9. The highest BCUT2D eigenvalue weighted by Gasteiger charge is 2.25. The predicted octanol–water partition coefficient (Wildman–Crippen LogP) is 5.45. The van der Waals surface area contributed by atoms with Crippen LogP contribution in [-0.4, -0.2) is 23.9 Å². The summed E-state index contributed by atoms with van der Waals surface area (Å²) in [6.45, 7) is 2.76. The van der Waals surface area contributed by atoms with Crippen molar-refractivity contribution < 1.29 is 4.79 Å². The largest absolute Gasteiger partial charge is 0.326 e. The molecule has 1 saturated heterocycles. The highest BCUT2D eigenvalue weighted by Crippen LogP contribution is 2.23. The average molecular weight is 423 g/mol. The van der Waals surface area contributed by atoms with E-state index in [1.165, 1.54) is 10.9 Å². The molecular formula is C23H23BrN2O. The number of nitrogens with zero attached hydrogens (tertiary/aromatic N) is 1. The normalized spacial score (nSPS) is 17.7. The molecule has 0 aliphatic carbocycles. The van der Waals surface area contributed by atoms with Crippen LogP contribution in [0.2, 0.25) is 0 Å². The molecule has 4 rings (SSSR count). The first-order valence-electron chi connectivity index (χ1n) is 9.44. The fourth-order valence-corrected chi connectivity index (χ4v) is 4.04. The molecule has 27 heavy (non-hydrogen) atoms. The lowest BCUT2D eigenvalue weighted by molar-refractivity contribution is -0.121. The van der Waals surface area contributed by atoms with E-state index in [1.807, 2.05) is 18.2 Å². The summed E-state index contributed by atoms with van der Waals surface area (Å²) < 4.78 is 1.09. The van der Waals surface area contributed by atoms with E-state index in [-0.39, 0.29) is 11.8 Å². The number of likely N-dealkylation sites (tertiary alicyclic amines) is 1. The maximum atomic E-state index is 12.8. The third-order valence-electron chi connectivity index (χ3n) is 5.21. The van der Waals surface area contributed by atoms with Crippen molar-refractivity contribution in [1.82, 2.24) is 4.90 Å². The van der Waals surface area contributed by atoms with Gasteiger partial charge in [-0.3, -0.25) is 9.69 Å². The van der Waals surface area contributed by atoms with Gasteiger partial charge in [0.1, 0.15) is 0 Å². The number of anilines is 1. The summed E-state index contributed by atoms with van der Waals surface area (Å²) in [7, 11) is 0. The van der Waals surface area contributed by atoms with Gasteiger partial charge in [0.25, 0.3) is 0 Å². The molecule has 3 aromatic carbocycles. The van der Waals surface area contributed by atoms with Gasteiger partial charge in [-0.15, -0.1) is 0 Å². The summed E-state index contributed by atoms with van der Waals surface area (Å²) in [5.74, 6) is 0.173. The molecule has 1 amide bonds. The van der Waals surface area contributed by atoms with Gasteiger partial charge < -0.3 is 5.32 Å². The molecular weight excluding hydrogens is 400 g/mol. The molecule has 0 bridgehead atoms. The summed E-state index contributed by atoms with van der Waals surface area (Å²) >= 11 is 3.48. The lowest BCUT2D eigenvalue weighted by Crippen LogP contribution is -2.40. The summed E-state index contributed by atoms with van der Waals surface area (Å²) in [5.41, 5.74) is 2.16. The van der Waals surface area contributed by atoms with Crippen LogP contribution in [0.15, 0.2) is 71.2 Å². The minimum Gasteiger partial charge on any atom is -0.326 e. The van der Waals surface area contributed by atoms with Gasteiger partial charge in [0.2, 0.25) is 5.91 Å². The SMILES string of the molecule is O=C(Nc1ccc2ccccc2c1)C1CCCN(Cc2ccc(Br)cc2)C1. The van der Waals surface area contributed by atoms with Crippen molar-refractivity contribution in [3.63, 3.8) is 0 Å². The van der Waals surface area contributed by atoms with Crippen LogP contribution >= 0.6 is 15.9 Å². The topological polar surface area (TPSA) is 32.3 Å². The number of carbonyl (C=O) groups excluding carboxylic acids is 1. The minimum absolute atomic E-state index is 0.0423. The van der Waals surface area contributed by atoms with Crippen LogP contribution in [0.4, 0.5) is 5.69 Å². The van der Waals surface area contributed by atoms with Crippen LogP contribution in [0.25, 0.3) is 10.8 Å². The quantitative estimate of drug-likeness (QED) is 0.605. The second-order valence-electron chi connectivity index (χ2n) is 7.25. The molecule has 1 aliphatic rings. The first kappa shape index (κ1) is 18.2. The zero-order valence-electron chi connectivity index (χ0n) is 15.2. The van der Waals surface area contributed by atoms with E-state index in [4.69, 9.17) is 0 Å². The molecule has 3 nitrogen and oxygen atoms in total. The Morgan fingerprint density at radius 1 is 1.04 bits per heavy atom. The molecule has 1 fully saturated rings. The van der Waals surface area contributed by atoms with Gasteiger partial charge in [0.15, 0.2) is 0 Å². The van der Waals surface area contributed by atoms with E-state index in [2.05, 4.69) is 74.7 Å². The Morgan fingerprint density at radius 2 is 1.81 bits per heavy atom. The number of halogens is 1. The molecule has 1 atom stereocenters. The first-order valence-corrected chi connectivity index (χ1v) is 10.2. The van der Waals surface area contributed by atoms with Crippen LogP contribution in [0, 0.1) is 5.92 Å². The second-order valence-corrected chi connectivity index (χ2v) is 8.17. The van der Waals surface area contributed by atoms with Crippen LogP contribution in [0.1, 0.15) is 18.4 Å². The zero-order chi connectivity index (χ0) is 18.6. The van der Waals surface area contributed by atoms with Gasteiger partial charge >= 0.3 is 0 Å². The highest BCUT2D eigenvalue weighted by molar-refractivity contribution is 9.10. The fourth-order valence-electron chi connectivity index (χ4n) is 3.77. The predicted molar refractivity (Wildman–Crippen MR) is 115 cm³/mol. The molecule has 138 valence electrons. The van der Waals surface area contributed by atoms with E-state index in [1.54, 1.807) is 0 Å². The Balaban J connectivity index is 1.39. The summed E-state index contributed by atoms with van der Waals surface area (Å²) in [5, 5.41) is 5.46. The van der Waals surface area contributed by atoms with Gasteiger partial charge in [0, 0.05) is 23.2 Å². The van der Waals surface area contributed by atoms with Crippen molar-refractivity contribution in [2.24, 2.45) is 5.92 Å². The van der Waals surface area contributed by atoms with Gasteiger partial charge in [-0.2, -0.15) is 0 Å². The van der Waals surface area contributed by atoms with Crippen LogP contribution in [-0.2, 0) is 11.3 Å². The molecule has 1 N–H and O–H groups in total. The molecule has 0 spiro atoms. The Bertz CT molecular complexity index is 939. The van der Waals surface area contributed by atoms with Gasteiger partial charge in [-0.1, -0.05) is 58.4 Å². The molecule has 0 radical (unpaired) electrons. The minimum atomic E-state index is 0.0423. The van der Waals surface area contributed by atoms with Gasteiger partial charge in [-0.25, -0.2) is 0 Å². The number of piperidine rings is 1. The Labute approximate surface area is 168 Å². The summed E-state index contributed by atoms with van der Waals surface area (Å²) in [4.78, 5) is 15.2. The third kappa shape index (κ3) is 4.57. The molecule has 0 aromatic heterocycles. The van der Waals surface area contributed by atoms with E-state index in [0.29, 0.717) is 0 Å². The Morgan fingerprint density at radius 3 is 2.63 bits per heavy atom. The number of hydrogen-bond acceptors (Lipinski definition) is 2. The first-order chi connectivity index (χ1) is 13.2. The molecule has 4 heteroatoms. The lowest BCUT2D eigenvalue weighted by atomic mass is 9.96. The number of rotatable bonds is 4. The fraction of sp³-hybridized carbons (Fsp3) is 0.261. The zero-order valence-corrected chi connectivity index (χ0v) is 16.8. The number of amides is 1. The monoisotopic (exact) mass is 422 g/mol. The van der Waals surface area contributed by atoms with Crippen molar-refractivity contribution >= 4 is 38.3 Å². The smallest absolute Gasteiger partial charge is 0.228 e. The number of nitrogens with one attached hydrogen (secondary N) is 1. The maximum absolute atomic E-state index is 12.8.